The first-order valence-corrected chi connectivity index (χ1v) is 8.34. The number of pyridine rings is 1. The summed E-state index contributed by atoms with van der Waals surface area (Å²) in [6, 6.07) is 13.3. The number of amides is 2. The maximum atomic E-state index is 12.5. The predicted octanol–water partition coefficient (Wildman–Crippen LogP) is 3.89. The fraction of sp³-hybridized carbons (Fsp3) is 0.158. The standard InChI is InChI=1S/C19H19ClN4O/c1-2-10-23(12-15-6-4-3-5-7-15)19(25)21-11-17-14-24-13-16(20)8-9-18(24)22-17/h2-9,13-14H,1,10-12H2,(H,21,25). The molecule has 0 aliphatic carbocycles. The van der Waals surface area contributed by atoms with Crippen LogP contribution in [0.2, 0.25) is 5.02 Å². The number of carbonyl (C=O) groups is 1. The molecule has 3 rings (SSSR count). The van der Waals surface area contributed by atoms with E-state index in [-0.39, 0.29) is 6.03 Å². The minimum Gasteiger partial charge on any atom is -0.332 e. The van der Waals surface area contributed by atoms with Crippen LogP contribution in [0.1, 0.15) is 11.3 Å². The third kappa shape index (κ3) is 4.39. The molecular formula is C19H19ClN4O. The molecule has 5 nitrogen and oxygen atoms in total. The molecule has 6 heteroatoms. The van der Waals surface area contributed by atoms with Crippen molar-refractivity contribution in [2.45, 2.75) is 13.1 Å². The summed E-state index contributed by atoms with van der Waals surface area (Å²) in [4.78, 5) is 18.7. The molecule has 0 bridgehead atoms. The average Bonchev–Trinajstić information content (AvgIpc) is 3.02. The Morgan fingerprint density at radius 1 is 1.24 bits per heavy atom. The van der Waals surface area contributed by atoms with E-state index in [1.165, 1.54) is 0 Å². The molecule has 0 fully saturated rings. The van der Waals surface area contributed by atoms with Crippen molar-refractivity contribution in [2.24, 2.45) is 0 Å². The second-order valence-electron chi connectivity index (χ2n) is 5.66. The molecule has 0 radical (unpaired) electrons. The van der Waals surface area contributed by atoms with Gasteiger partial charge in [-0.25, -0.2) is 9.78 Å². The number of urea groups is 1. The molecule has 1 N–H and O–H groups in total. The van der Waals surface area contributed by atoms with Crippen molar-refractivity contribution < 1.29 is 4.79 Å². The van der Waals surface area contributed by atoms with E-state index in [4.69, 9.17) is 11.6 Å². The van der Waals surface area contributed by atoms with Gasteiger partial charge in [-0.1, -0.05) is 48.0 Å². The number of aromatic nitrogens is 2. The van der Waals surface area contributed by atoms with E-state index in [2.05, 4.69) is 16.9 Å². The quantitative estimate of drug-likeness (QED) is 0.683. The Labute approximate surface area is 151 Å². The number of halogens is 1. The Bertz CT molecular complexity index is 876. The molecule has 3 aromatic rings. The van der Waals surface area contributed by atoms with Gasteiger partial charge in [0.05, 0.1) is 17.3 Å². The van der Waals surface area contributed by atoms with Crippen LogP contribution in [0.5, 0.6) is 0 Å². The fourth-order valence-electron chi connectivity index (χ4n) is 2.56. The molecule has 0 saturated heterocycles. The summed E-state index contributed by atoms with van der Waals surface area (Å²) in [6.45, 7) is 5.08. The van der Waals surface area contributed by atoms with Crippen LogP contribution >= 0.6 is 11.6 Å². The molecular weight excluding hydrogens is 336 g/mol. The number of nitrogens with zero attached hydrogens (tertiary/aromatic N) is 3. The topological polar surface area (TPSA) is 49.6 Å². The first-order chi connectivity index (χ1) is 12.2. The van der Waals surface area contributed by atoms with Crippen molar-refractivity contribution in [2.75, 3.05) is 6.54 Å². The molecule has 0 spiro atoms. The van der Waals surface area contributed by atoms with Crippen molar-refractivity contribution in [3.05, 3.63) is 83.8 Å². The minimum absolute atomic E-state index is 0.154. The van der Waals surface area contributed by atoms with Gasteiger partial charge in [0.15, 0.2) is 0 Å². The lowest BCUT2D eigenvalue weighted by molar-refractivity contribution is 0.200. The van der Waals surface area contributed by atoms with Gasteiger partial charge in [0.25, 0.3) is 0 Å². The number of carbonyl (C=O) groups excluding carboxylic acids is 1. The number of imidazole rings is 1. The highest BCUT2D eigenvalue weighted by Crippen LogP contribution is 2.12. The van der Waals surface area contributed by atoms with Crippen molar-refractivity contribution in [3.63, 3.8) is 0 Å². The number of fused-ring (bicyclic) bond motifs is 1. The SMILES string of the molecule is C=CCN(Cc1ccccc1)C(=O)NCc1cn2cc(Cl)ccc2n1. The molecule has 1 aromatic carbocycles. The van der Waals surface area contributed by atoms with Crippen LogP contribution in [0.15, 0.2) is 67.5 Å². The van der Waals surface area contributed by atoms with Crippen LogP contribution in [0.25, 0.3) is 5.65 Å². The zero-order valence-corrected chi connectivity index (χ0v) is 14.5. The van der Waals surface area contributed by atoms with Crippen LogP contribution in [-0.2, 0) is 13.1 Å². The zero-order valence-electron chi connectivity index (χ0n) is 13.7. The van der Waals surface area contributed by atoms with Crippen LogP contribution in [0, 0.1) is 0 Å². The number of rotatable bonds is 6. The second-order valence-corrected chi connectivity index (χ2v) is 6.09. The van der Waals surface area contributed by atoms with E-state index in [0.717, 1.165) is 16.9 Å². The molecule has 25 heavy (non-hydrogen) atoms. The Morgan fingerprint density at radius 3 is 2.80 bits per heavy atom. The van der Waals surface area contributed by atoms with Crippen LogP contribution in [-0.4, -0.2) is 26.9 Å². The van der Waals surface area contributed by atoms with Gasteiger partial charge < -0.3 is 14.6 Å². The smallest absolute Gasteiger partial charge is 0.318 e. The fourth-order valence-corrected chi connectivity index (χ4v) is 2.73. The number of benzene rings is 1. The Hall–Kier alpha value is -2.79. The molecule has 0 atom stereocenters. The Balaban J connectivity index is 1.64. The lowest BCUT2D eigenvalue weighted by atomic mass is 10.2. The summed E-state index contributed by atoms with van der Waals surface area (Å²) in [5.41, 5.74) is 2.64. The summed E-state index contributed by atoms with van der Waals surface area (Å²) < 4.78 is 1.84. The lowest BCUT2D eigenvalue weighted by Gasteiger charge is -2.21. The molecule has 0 aliphatic heterocycles. The summed E-state index contributed by atoms with van der Waals surface area (Å²) in [6.07, 6.45) is 5.36. The highest BCUT2D eigenvalue weighted by Gasteiger charge is 2.13. The molecule has 2 amide bonds. The van der Waals surface area contributed by atoms with E-state index in [1.807, 2.05) is 47.0 Å². The van der Waals surface area contributed by atoms with Crippen molar-refractivity contribution in [1.82, 2.24) is 19.6 Å². The lowest BCUT2D eigenvalue weighted by Crippen LogP contribution is -2.39. The molecule has 128 valence electrons. The van der Waals surface area contributed by atoms with Gasteiger partial charge in [0, 0.05) is 25.5 Å². The first kappa shape index (κ1) is 17.0. The summed E-state index contributed by atoms with van der Waals surface area (Å²) in [5, 5.41) is 3.55. The van der Waals surface area contributed by atoms with Gasteiger partial charge >= 0.3 is 6.03 Å². The number of hydrogen-bond acceptors (Lipinski definition) is 2. The van der Waals surface area contributed by atoms with Crippen molar-refractivity contribution in [1.29, 1.82) is 0 Å². The molecule has 0 unspecified atom stereocenters. The first-order valence-electron chi connectivity index (χ1n) is 7.96. The van der Waals surface area contributed by atoms with Crippen molar-refractivity contribution in [3.8, 4) is 0 Å². The van der Waals surface area contributed by atoms with Gasteiger partial charge in [-0.05, 0) is 17.7 Å². The molecule has 0 aliphatic rings. The monoisotopic (exact) mass is 354 g/mol. The third-order valence-electron chi connectivity index (χ3n) is 3.74. The summed E-state index contributed by atoms with van der Waals surface area (Å²) in [7, 11) is 0. The number of hydrogen-bond donors (Lipinski definition) is 1. The van der Waals surface area contributed by atoms with E-state index < -0.39 is 0 Å². The van der Waals surface area contributed by atoms with E-state index >= 15 is 0 Å². The van der Waals surface area contributed by atoms with Crippen LogP contribution in [0.3, 0.4) is 0 Å². The van der Waals surface area contributed by atoms with Crippen LogP contribution in [0.4, 0.5) is 4.79 Å². The van der Waals surface area contributed by atoms with Gasteiger partial charge in [-0.3, -0.25) is 0 Å². The van der Waals surface area contributed by atoms with Gasteiger partial charge in [0.2, 0.25) is 0 Å². The maximum absolute atomic E-state index is 12.5. The van der Waals surface area contributed by atoms with E-state index in [1.54, 1.807) is 23.2 Å². The zero-order chi connectivity index (χ0) is 17.6. The second kappa shape index (κ2) is 7.85. The third-order valence-corrected chi connectivity index (χ3v) is 3.96. The van der Waals surface area contributed by atoms with Crippen molar-refractivity contribution >= 4 is 23.3 Å². The maximum Gasteiger partial charge on any atom is 0.318 e. The minimum atomic E-state index is -0.154. The largest absolute Gasteiger partial charge is 0.332 e. The molecule has 2 heterocycles. The summed E-state index contributed by atoms with van der Waals surface area (Å²) in [5.74, 6) is 0. The predicted molar refractivity (Wildman–Crippen MR) is 99.5 cm³/mol. The van der Waals surface area contributed by atoms with Gasteiger partial charge in [-0.15, -0.1) is 6.58 Å². The highest BCUT2D eigenvalue weighted by molar-refractivity contribution is 6.30. The van der Waals surface area contributed by atoms with E-state index in [9.17, 15) is 4.79 Å². The average molecular weight is 355 g/mol. The molecule has 2 aromatic heterocycles. The normalized spacial score (nSPS) is 10.6. The van der Waals surface area contributed by atoms with Crippen LogP contribution < -0.4 is 5.32 Å². The summed E-state index contributed by atoms with van der Waals surface area (Å²) >= 11 is 5.97. The Kier molecular flexibility index (Phi) is 5.36. The Morgan fingerprint density at radius 2 is 2.04 bits per heavy atom. The number of nitrogens with one attached hydrogen (secondary N) is 1. The molecule has 0 saturated carbocycles. The van der Waals surface area contributed by atoms with E-state index in [0.29, 0.717) is 24.7 Å². The van der Waals surface area contributed by atoms with Gasteiger partial charge in [0.1, 0.15) is 5.65 Å². The highest BCUT2D eigenvalue weighted by atomic mass is 35.5. The van der Waals surface area contributed by atoms with Gasteiger partial charge in [-0.2, -0.15) is 0 Å².